The molecular formula is C21H16F3N3OS. The lowest BCUT2D eigenvalue weighted by molar-refractivity contribution is -0.137. The molecule has 8 heteroatoms. The fourth-order valence-electron chi connectivity index (χ4n) is 2.50. The first-order valence-electron chi connectivity index (χ1n) is 8.53. The minimum absolute atomic E-state index is 0.144. The predicted octanol–water partition coefficient (Wildman–Crippen LogP) is 5.77. The van der Waals surface area contributed by atoms with Crippen LogP contribution < -0.4 is 16.0 Å². The molecule has 4 nitrogen and oxygen atoms in total. The molecule has 1 amide bonds. The first-order chi connectivity index (χ1) is 13.8. The Morgan fingerprint density at radius 1 is 0.724 bits per heavy atom. The Hall–Kier alpha value is -3.39. The van der Waals surface area contributed by atoms with E-state index in [1.807, 2.05) is 6.07 Å². The molecule has 0 aliphatic carbocycles. The van der Waals surface area contributed by atoms with Crippen molar-refractivity contribution in [2.24, 2.45) is 0 Å². The number of thiocarbonyl (C=S) groups is 1. The zero-order valence-electron chi connectivity index (χ0n) is 15.0. The molecule has 0 atom stereocenters. The molecule has 148 valence electrons. The van der Waals surface area contributed by atoms with E-state index in [2.05, 4.69) is 16.0 Å². The highest BCUT2D eigenvalue weighted by atomic mass is 32.1. The van der Waals surface area contributed by atoms with Crippen molar-refractivity contribution < 1.29 is 18.0 Å². The van der Waals surface area contributed by atoms with Crippen LogP contribution >= 0.6 is 12.2 Å². The van der Waals surface area contributed by atoms with E-state index < -0.39 is 11.7 Å². The van der Waals surface area contributed by atoms with E-state index in [0.717, 1.165) is 12.1 Å². The molecule has 0 bridgehead atoms. The van der Waals surface area contributed by atoms with Gasteiger partial charge < -0.3 is 16.0 Å². The lowest BCUT2D eigenvalue weighted by atomic mass is 10.2. The highest BCUT2D eigenvalue weighted by Crippen LogP contribution is 2.30. The number of hydrogen-bond acceptors (Lipinski definition) is 2. The molecule has 0 heterocycles. The van der Waals surface area contributed by atoms with Gasteiger partial charge in [-0.25, -0.2) is 0 Å². The summed E-state index contributed by atoms with van der Waals surface area (Å²) >= 11 is 5.15. The number of benzene rings is 3. The molecule has 0 aromatic heterocycles. The average Bonchev–Trinajstić information content (AvgIpc) is 2.69. The highest BCUT2D eigenvalue weighted by molar-refractivity contribution is 7.80. The Morgan fingerprint density at radius 3 is 1.93 bits per heavy atom. The van der Waals surface area contributed by atoms with Gasteiger partial charge in [-0.3, -0.25) is 4.79 Å². The molecule has 29 heavy (non-hydrogen) atoms. The third-order valence-corrected chi connectivity index (χ3v) is 4.09. The first-order valence-corrected chi connectivity index (χ1v) is 8.94. The Kier molecular flexibility index (Phi) is 6.13. The Morgan fingerprint density at radius 2 is 1.31 bits per heavy atom. The lowest BCUT2D eigenvalue weighted by Crippen LogP contribution is -2.19. The maximum atomic E-state index is 12.8. The number of rotatable bonds is 4. The van der Waals surface area contributed by atoms with E-state index in [9.17, 15) is 18.0 Å². The average molecular weight is 415 g/mol. The maximum Gasteiger partial charge on any atom is 0.416 e. The summed E-state index contributed by atoms with van der Waals surface area (Å²) < 4.78 is 38.3. The van der Waals surface area contributed by atoms with Crippen molar-refractivity contribution in [3.05, 3.63) is 90.0 Å². The Bertz CT molecular complexity index is 1010. The van der Waals surface area contributed by atoms with Crippen LogP contribution in [0.5, 0.6) is 0 Å². The third-order valence-electron chi connectivity index (χ3n) is 3.88. The van der Waals surface area contributed by atoms with Crippen LogP contribution in [0.4, 0.5) is 30.2 Å². The molecule has 0 spiro atoms. The number of alkyl halides is 3. The number of anilines is 3. The molecule has 0 saturated carbocycles. The van der Waals surface area contributed by atoms with E-state index in [0.29, 0.717) is 16.9 Å². The van der Waals surface area contributed by atoms with Gasteiger partial charge >= 0.3 is 6.18 Å². The quantitative estimate of drug-likeness (QED) is 0.474. The maximum absolute atomic E-state index is 12.8. The van der Waals surface area contributed by atoms with Crippen LogP contribution in [0.25, 0.3) is 0 Å². The minimum Gasteiger partial charge on any atom is -0.332 e. The predicted molar refractivity (Wildman–Crippen MR) is 112 cm³/mol. The molecule has 0 radical (unpaired) electrons. The lowest BCUT2D eigenvalue weighted by Gasteiger charge is -2.13. The number of amides is 1. The van der Waals surface area contributed by atoms with Gasteiger partial charge in [-0.15, -0.1) is 0 Å². The first kappa shape index (κ1) is 20.3. The molecule has 3 aromatic rings. The standard InChI is InChI=1S/C21H16F3N3OS/c22-21(23,24)15-7-4-8-18(13-15)27-20(29)26-17-11-9-16(10-12-17)25-19(28)14-5-2-1-3-6-14/h1-13H,(H,25,28)(H2,26,27,29). The summed E-state index contributed by atoms with van der Waals surface area (Å²) in [6.07, 6.45) is -4.42. The Labute approximate surface area is 170 Å². The molecule has 3 aromatic carbocycles. The molecule has 3 N–H and O–H groups in total. The fraction of sp³-hybridized carbons (Fsp3) is 0.0476. The topological polar surface area (TPSA) is 53.2 Å². The molecule has 0 fully saturated rings. The fourth-order valence-corrected chi connectivity index (χ4v) is 2.73. The molecule has 0 unspecified atom stereocenters. The zero-order chi connectivity index (χ0) is 20.9. The van der Waals surface area contributed by atoms with Gasteiger partial charge in [-0.05, 0) is 66.8 Å². The summed E-state index contributed by atoms with van der Waals surface area (Å²) in [7, 11) is 0. The normalized spacial score (nSPS) is 10.9. The van der Waals surface area contributed by atoms with Crippen LogP contribution in [0.3, 0.4) is 0 Å². The van der Waals surface area contributed by atoms with E-state index in [4.69, 9.17) is 12.2 Å². The van der Waals surface area contributed by atoms with Gasteiger partial charge in [0.2, 0.25) is 0 Å². The molecule has 0 saturated heterocycles. The van der Waals surface area contributed by atoms with E-state index in [1.165, 1.54) is 12.1 Å². The van der Waals surface area contributed by atoms with E-state index >= 15 is 0 Å². The van der Waals surface area contributed by atoms with Crippen LogP contribution in [0, 0.1) is 0 Å². The van der Waals surface area contributed by atoms with Crippen LogP contribution in [-0.2, 0) is 6.18 Å². The van der Waals surface area contributed by atoms with Crippen LogP contribution in [0.1, 0.15) is 15.9 Å². The van der Waals surface area contributed by atoms with Crippen LogP contribution in [0.2, 0.25) is 0 Å². The monoisotopic (exact) mass is 415 g/mol. The van der Waals surface area contributed by atoms with Crippen molar-refractivity contribution in [2.45, 2.75) is 6.18 Å². The van der Waals surface area contributed by atoms with Gasteiger partial charge in [0.1, 0.15) is 0 Å². The van der Waals surface area contributed by atoms with Gasteiger partial charge in [0.25, 0.3) is 5.91 Å². The third kappa shape index (κ3) is 5.79. The van der Waals surface area contributed by atoms with Crippen molar-refractivity contribution in [2.75, 3.05) is 16.0 Å². The van der Waals surface area contributed by atoms with Gasteiger partial charge in [-0.2, -0.15) is 13.2 Å². The zero-order valence-corrected chi connectivity index (χ0v) is 15.8. The van der Waals surface area contributed by atoms with Gasteiger partial charge in [-0.1, -0.05) is 24.3 Å². The van der Waals surface area contributed by atoms with Gasteiger partial charge in [0.05, 0.1) is 5.56 Å². The van der Waals surface area contributed by atoms with Crippen LogP contribution in [0.15, 0.2) is 78.9 Å². The van der Waals surface area contributed by atoms with Crippen LogP contribution in [-0.4, -0.2) is 11.0 Å². The van der Waals surface area contributed by atoms with E-state index in [-0.39, 0.29) is 16.7 Å². The number of carbonyl (C=O) groups excluding carboxylic acids is 1. The largest absolute Gasteiger partial charge is 0.416 e. The number of halogens is 3. The molecule has 0 aliphatic rings. The highest BCUT2D eigenvalue weighted by Gasteiger charge is 2.30. The summed E-state index contributed by atoms with van der Waals surface area (Å²) in [5, 5.41) is 8.53. The van der Waals surface area contributed by atoms with Gasteiger partial charge in [0, 0.05) is 22.6 Å². The molecule has 3 rings (SSSR count). The summed E-state index contributed by atoms with van der Waals surface area (Å²) in [5.74, 6) is -0.229. The Balaban J connectivity index is 1.58. The summed E-state index contributed by atoms with van der Waals surface area (Å²) in [4.78, 5) is 12.1. The second kappa shape index (κ2) is 8.74. The smallest absolute Gasteiger partial charge is 0.332 e. The number of nitrogens with one attached hydrogen (secondary N) is 3. The SMILES string of the molecule is O=C(Nc1ccc(NC(=S)Nc2cccc(C(F)(F)F)c2)cc1)c1ccccc1. The number of hydrogen-bond donors (Lipinski definition) is 3. The van der Waals surface area contributed by atoms with Crippen molar-refractivity contribution in [3.8, 4) is 0 Å². The van der Waals surface area contributed by atoms with Crippen molar-refractivity contribution in [3.63, 3.8) is 0 Å². The summed E-state index contributed by atoms with van der Waals surface area (Å²) in [6.45, 7) is 0. The second-order valence-corrected chi connectivity index (χ2v) is 6.46. The molecular weight excluding hydrogens is 399 g/mol. The molecule has 0 aliphatic heterocycles. The van der Waals surface area contributed by atoms with Gasteiger partial charge in [0.15, 0.2) is 5.11 Å². The summed E-state index contributed by atoms with van der Waals surface area (Å²) in [5.41, 5.74) is 1.22. The van der Waals surface area contributed by atoms with Crippen molar-refractivity contribution in [1.82, 2.24) is 0 Å². The van der Waals surface area contributed by atoms with Crippen molar-refractivity contribution >= 4 is 40.3 Å². The minimum atomic E-state index is -4.42. The van der Waals surface area contributed by atoms with Crippen molar-refractivity contribution in [1.29, 1.82) is 0 Å². The summed E-state index contributed by atoms with van der Waals surface area (Å²) in [6, 6.07) is 20.3. The van der Waals surface area contributed by atoms with E-state index in [1.54, 1.807) is 48.5 Å². The second-order valence-electron chi connectivity index (χ2n) is 6.06. The number of carbonyl (C=O) groups is 1.